The van der Waals surface area contributed by atoms with Gasteiger partial charge in [0.1, 0.15) is 18.5 Å². The van der Waals surface area contributed by atoms with Crippen LogP contribution in [0.25, 0.3) is 11.2 Å². The van der Waals surface area contributed by atoms with Crippen molar-refractivity contribution in [1.82, 2.24) is 19.1 Å². The second-order valence-electron chi connectivity index (χ2n) is 9.86. The molecule has 37 heavy (non-hydrogen) atoms. The Kier molecular flexibility index (Phi) is 7.14. The number of nitrogens with one attached hydrogen (secondary N) is 1. The highest BCUT2D eigenvalue weighted by molar-refractivity contribution is 5.74. The number of fused-ring (bicyclic) bond motifs is 1. The van der Waals surface area contributed by atoms with Gasteiger partial charge < -0.3 is 19.3 Å². The molecule has 1 atom stereocenters. The number of ether oxygens (including phenoxy) is 1. The number of para-hydroxylation sites is 1. The van der Waals surface area contributed by atoms with Gasteiger partial charge in [0.05, 0.1) is 6.54 Å². The molecule has 0 spiro atoms. The Morgan fingerprint density at radius 1 is 1.08 bits per heavy atom. The first-order chi connectivity index (χ1) is 17.9. The molecule has 0 bridgehead atoms. The Bertz CT molecular complexity index is 1480. The summed E-state index contributed by atoms with van der Waals surface area (Å²) in [5, 5.41) is 10.9. The number of anilines is 1. The number of aromatic nitrogens is 4. The normalized spacial score (nSPS) is 15.3. The second kappa shape index (κ2) is 10.6. The lowest BCUT2D eigenvalue weighted by molar-refractivity contribution is 0.0932. The van der Waals surface area contributed by atoms with Crippen molar-refractivity contribution in [1.29, 1.82) is 0 Å². The number of rotatable bonds is 8. The van der Waals surface area contributed by atoms with Crippen LogP contribution in [0.2, 0.25) is 0 Å². The molecule has 1 aliphatic heterocycles. The van der Waals surface area contributed by atoms with Crippen molar-refractivity contribution in [2.75, 3.05) is 24.6 Å². The molecule has 1 aliphatic rings. The smallest absolute Gasteiger partial charge is 0.329 e. The summed E-state index contributed by atoms with van der Waals surface area (Å²) in [6.07, 6.45) is 2.13. The van der Waals surface area contributed by atoms with Gasteiger partial charge in [0.25, 0.3) is 5.56 Å². The lowest BCUT2D eigenvalue weighted by Crippen LogP contribution is -2.37. The average Bonchev–Trinajstić information content (AvgIpc) is 3.27. The van der Waals surface area contributed by atoms with E-state index < -0.39 is 17.4 Å². The quantitative estimate of drug-likeness (QED) is 0.383. The van der Waals surface area contributed by atoms with E-state index in [0.717, 1.165) is 37.9 Å². The largest absolute Gasteiger partial charge is 0.491 e. The number of benzene rings is 2. The summed E-state index contributed by atoms with van der Waals surface area (Å²) in [7, 11) is 1.59. The minimum atomic E-state index is -0.886. The van der Waals surface area contributed by atoms with Crippen LogP contribution in [0.15, 0.2) is 64.2 Å². The molecular formula is C28H33N5O4. The molecule has 194 valence electrons. The first kappa shape index (κ1) is 24.8. The van der Waals surface area contributed by atoms with Crippen molar-refractivity contribution in [3.8, 4) is 5.75 Å². The van der Waals surface area contributed by atoms with E-state index in [2.05, 4.69) is 34.1 Å². The van der Waals surface area contributed by atoms with E-state index >= 15 is 0 Å². The number of imidazole rings is 1. The monoisotopic (exact) mass is 503 g/mol. The molecule has 5 rings (SSSR count). The van der Waals surface area contributed by atoms with Gasteiger partial charge in [-0.2, -0.15) is 4.98 Å². The van der Waals surface area contributed by atoms with Crippen LogP contribution in [-0.4, -0.2) is 50.0 Å². The van der Waals surface area contributed by atoms with Gasteiger partial charge >= 0.3 is 5.69 Å². The lowest BCUT2D eigenvalue weighted by Gasteiger charge is -2.33. The van der Waals surface area contributed by atoms with Crippen LogP contribution in [0.1, 0.15) is 24.0 Å². The zero-order valence-corrected chi connectivity index (χ0v) is 21.3. The first-order valence-corrected chi connectivity index (χ1v) is 12.8. The number of aliphatic hydroxyl groups excluding tert-OH is 1. The van der Waals surface area contributed by atoms with E-state index in [4.69, 9.17) is 9.72 Å². The van der Waals surface area contributed by atoms with Gasteiger partial charge in [-0.15, -0.1) is 0 Å². The van der Waals surface area contributed by atoms with Crippen LogP contribution in [0.5, 0.6) is 5.75 Å². The average molecular weight is 504 g/mol. The first-order valence-electron chi connectivity index (χ1n) is 12.8. The highest BCUT2D eigenvalue weighted by Gasteiger charge is 2.27. The van der Waals surface area contributed by atoms with Crippen molar-refractivity contribution in [3.63, 3.8) is 0 Å². The predicted molar refractivity (Wildman–Crippen MR) is 143 cm³/mol. The fourth-order valence-corrected chi connectivity index (χ4v) is 5.09. The SMILES string of the molecule is Cc1ccccc1OC[C@H](O)Cn1c(N2CCC(Cc3ccccc3)CC2)nc2c1c(=O)[nH]c(=O)n2C. The third kappa shape index (κ3) is 5.32. The lowest BCUT2D eigenvalue weighted by atomic mass is 9.90. The third-order valence-electron chi connectivity index (χ3n) is 7.17. The Morgan fingerprint density at radius 2 is 1.78 bits per heavy atom. The molecule has 2 aromatic carbocycles. The summed E-state index contributed by atoms with van der Waals surface area (Å²) >= 11 is 0. The van der Waals surface area contributed by atoms with Gasteiger partial charge in [-0.3, -0.25) is 14.3 Å². The van der Waals surface area contributed by atoms with Crippen LogP contribution < -0.4 is 20.9 Å². The molecule has 1 fully saturated rings. The van der Waals surface area contributed by atoms with Crippen molar-refractivity contribution in [3.05, 3.63) is 86.6 Å². The van der Waals surface area contributed by atoms with Gasteiger partial charge in [0.2, 0.25) is 5.95 Å². The van der Waals surface area contributed by atoms with Crippen LogP contribution in [0.4, 0.5) is 5.95 Å². The van der Waals surface area contributed by atoms with E-state index in [1.54, 1.807) is 11.6 Å². The molecule has 2 aromatic heterocycles. The van der Waals surface area contributed by atoms with Crippen molar-refractivity contribution < 1.29 is 9.84 Å². The summed E-state index contributed by atoms with van der Waals surface area (Å²) in [6, 6.07) is 18.1. The molecule has 2 N–H and O–H groups in total. The highest BCUT2D eigenvalue weighted by Crippen LogP contribution is 2.27. The van der Waals surface area contributed by atoms with Gasteiger partial charge in [-0.25, -0.2) is 4.79 Å². The van der Waals surface area contributed by atoms with Crippen molar-refractivity contribution >= 4 is 17.1 Å². The molecular weight excluding hydrogens is 470 g/mol. The third-order valence-corrected chi connectivity index (χ3v) is 7.17. The minimum Gasteiger partial charge on any atom is -0.491 e. The topological polar surface area (TPSA) is 105 Å². The molecule has 0 saturated carbocycles. The summed E-state index contributed by atoms with van der Waals surface area (Å²) in [6.45, 7) is 3.69. The molecule has 0 unspecified atom stereocenters. The fourth-order valence-electron chi connectivity index (χ4n) is 5.09. The molecule has 3 heterocycles. The van der Waals surface area contributed by atoms with Gasteiger partial charge in [-0.05, 0) is 49.3 Å². The number of hydrogen-bond donors (Lipinski definition) is 2. The molecule has 0 radical (unpaired) electrons. The summed E-state index contributed by atoms with van der Waals surface area (Å²) < 4.78 is 8.93. The predicted octanol–water partition coefficient (Wildman–Crippen LogP) is 2.63. The Hall–Kier alpha value is -3.85. The molecule has 0 aliphatic carbocycles. The van der Waals surface area contributed by atoms with Gasteiger partial charge in [0.15, 0.2) is 11.2 Å². The van der Waals surface area contributed by atoms with Gasteiger partial charge in [-0.1, -0.05) is 48.5 Å². The number of aliphatic hydroxyl groups is 1. The van der Waals surface area contributed by atoms with E-state index in [1.165, 1.54) is 10.1 Å². The number of aromatic amines is 1. The van der Waals surface area contributed by atoms with E-state index in [-0.39, 0.29) is 18.7 Å². The standard InChI is InChI=1S/C28H33N5O4/c1-19-8-6-7-11-23(19)37-18-22(34)17-33-24-25(31(2)28(36)30-26(24)35)29-27(33)32-14-12-21(13-15-32)16-20-9-4-3-5-10-20/h3-11,21-22,34H,12-18H2,1-2H3,(H,30,35,36)/t22-/m1/s1. The summed E-state index contributed by atoms with van der Waals surface area (Å²) in [5.41, 5.74) is 1.88. The molecule has 0 amide bonds. The number of aryl methyl sites for hydroxylation is 2. The zero-order valence-electron chi connectivity index (χ0n) is 21.3. The fraction of sp³-hybridized carbons (Fsp3) is 0.393. The summed E-state index contributed by atoms with van der Waals surface area (Å²) in [5.74, 6) is 1.87. The van der Waals surface area contributed by atoms with E-state index in [1.807, 2.05) is 37.3 Å². The van der Waals surface area contributed by atoms with E-state index in [0.29, 0.717) is 23.3 Å². The maximum absolute atomic E-state index is 12.9. The Balaban J connectivity index is 1.38. The number of nitrogens with zero attached hydrogens (tertiary/aromatic N) is 4. The van der Waals surface area contributed by atoms with E-state index in [9.17, 15) is 14.7 Å². The maximum atomic E-state index is 12.9. The zero-order chi connectivity index (χ0) is 25.9. The van der Waals surface area contributed by atoms with Crippen LogP contribution in [0.3, 0.4) is 0 Å². The summed E-state index contributed by atoms with van der Waals surface area (Å²) in [4.78, 5) is 34.4. The van der Waals surface area contributed by atoms with Crippen molar-refractivity contribution in [2.24, 2.45) is 13.0 Å². The minimum absolute atomic E-state index is 0.0623. The van der Waals surface area contributed by atoms with Crippen LogP contribution in [0, 0.1) is 12.8 Å². The Morgan fingerprint density at radius 3 is 2.51 bits per heavy atom. The number of piperidine rings is 1. The van der Waals surface area contributed by atoms with Crippen LogP contribution >= 0.6 is 0 Å². The Labute approximate surface area is 215 Å². The number of hydrogen-bond acceptors (Lipinski definition) is 6. The molecule has 9 heteroatoms. The molecule has 1 saturated heterocycles. The van der Waals surface area contributed by atoms with Gasteiger partial charge in [0, 0.05) is 20.1 Å². The number of H-pyrrole nitrogens is 1. The maximum Gasteiger partial charge on any atom is 0.329 e. The van der Waals surface area contributed by atoms with Crippen molar-refractivity contribution in [2.45, 2.75) is 38.8 Å². The highest BCUT2D eigenvalue weighted by atomic mass is 16.5. The molecule has 9 nitrogen and oxygen atoms in total. The second-order valence-corrected chi connectivity index (χ2v) is 9.86. The molecule has 4 aromatic rings. The van der Waals surface area contributed by atoms with Crippen LogP contribution in [-0.2, 0) is 20.0 Å².